The van der Waals surface area contributed by atoms with Gasteiger partial charge in [0.25, 0.3) is 0 Å². The maximum atomic E-state index is 13.1. The third-order valence-corrected chi connectivity index (χ3v) is 9.48. The Kier molecular flexibility index (Phi) is 14.0. The summed E-state index contributed by atoms with van der Waals surface area (Å²) in [6, 6.07) is 0. The van der Waals surface area contributed by atoms with Crippen molar-refractivity contribution in [3.8, 4) is 0 Å². The van der Waals surface area contributed by atoms with Crippen LogP contribution >= 0.6 is 0 Å². The number of rotatable bonds is 15. The van der Waals surface area contributed by atoms with Crippen LogP contribution in [0.2, 0.25) is 0 Å². The van der Waals surface area contributed by atoms with E-state index in [4.69, 9.17) is 18.9 Å². The van der Waals surface area contributed by atoms with Gasteiger partial charge in [-0.3, -0.25) is 14.4 Å². The molecule has 0 saturated heterocycles. The third-order valence-electron chi connectivity index (χ3n) is 9.48. The molecule has 0 aromatic rings. The van der Waals surface area contributed by atoms with Crippen molar-refractivity contribution in [1.82, 2.24) is 0 Å². The molecule has 2 aliphatic rings. The molecule has 0 heterocycles. The molecule has 2 fully saturated rings. The Morgan fingerprint density at radius 3 is 2.05 bits per heavy atom. The van der Waals surface area contributed by atoms with Gasteiger partial charge >= 0.3 is 11.9 Å². The average Bonchev–Trinajstić information content (AvgIpc) is 3.24. The topological polar surface area (TPSA) is 88.1 Å². The molecule has 2 saturated carbocycles. The number of carbonyl (C=O) groups is 3. The fourth-order valence-electron chi connectivity index (χ4n) is 7.03. The maximum Gasteiger partial charge on any atom is 0.308 e. The standard InChI is InChI=1S/C35H62O7/c1-24(2)21-35(25(3)36,34(7,8)9)23-40-29-19-26(20-31(38)39-10)18-27(29)16-17-30(37)42-32(22-33(4,5)6)41-28-14-12-11-13-15-28/h24,26-29,32H,11-23H2,1-10H3. The summed E-state index contributed by atoms with van der Waals surface area (Å²) in [6.45, 7) is 19.1. The van der Waals surface area contributed by atoms with Crippen LogP contribution < -0.4 is 0 Å². The lowest BCUT2D eigenvalue weighted by Crippen LogP contribution is -2.47. The smallest absolute Gasteiger partial charge is 0.308 e. The summed E-state index contributed by atoms with van der Waals surface area (Å²) < 4.78 is 23.9. The second kappa shape index (κ2) is 16.0. The zero-order chi connectivity index (χ0) is 31.7. The van der Waals surface area contributed by atoms with Crippen molar-refractivity contribution in [3.63, 3.8) is 0 Å². The van der Waals surface area contributed by atoms with Crippen molar-refractivity contribution in [1.29, 1.82) is 0 Å². The summed E-state index contributed by atoms with van der Waals surface area (Å²) in [5, 5.41) is 0. The minimum Gasteiger partial charge on any atom is -0.469 e. The van der Waals surface area contributed by atoms with Crippen molar-refractivity contribution in [2.75, 3.05) is 13.7 Å². The lowest BCUT2D eigenvalue weighted by Gasteiger charge is -2.44. The van der Waals surface area contributed by atoms with Crippen LogP contribution in [0.4, 0.5) is 0 Å². The molecular weight excluding hydrogens is 532 g/mol. The zero-order valence-corrected chi connectivity index (χ0v) is 28.5. The lowest BCUT2D eigenvalue weighted by molar-refractivity contribution is -0.200. The number of ether oxygens (including phenoxy) is 4. The molecular formula is C35H62O7. The molecule has 244 valence electrons. The molecule has 2 rings (SSSR count). The fraction of sp³-hybridized carbons (Fsp3) is 0.914. The minimum absolute atomic E-state index is 0.0304. The first kappa shape index (κ1) is 36.7. The van der Waals surface area contributed by atoms with Crippen LogP contribution in [0.25, 0.3) is 0 Å². The quantitative estimate of drug-likeness (QED) is 0.140. The molecule has 0 amide bonds. The second-order valence-electron chi connectivity index (χ2n) is 15.8. The van der Waals surface area contributed by atoms with Crippen LogP contribution in [0.15, 0.2) is 0 Å². The summed E-state index contributed by atoms with van der Waals surface area (Å²) in [6.07, 6.45) is 9.20. The van der Waals surface area contributed by atoms with Crippen LogP contribution in [0.1, 0.15) is 139 Å². The fourth-order valence-corrected chi connectivity index (χ4v) is 7.03. The van der Waals surface area contributed by atoms with Gasteiger partial charge in [0.05, 0.1) is 31.3 Å². The molecule has 42 heavy (non-hydrogen) atoms. The molecule has 0 bridgehead atoms. The summed E-state index contributed by atoms with van der Waals surface area (Å²) in [5.74, 6) is 0.235. The summed E-state index contributed by atoms with van der Waals surface area (Å²) >= 11 is 0. The highest BCUT2D eigenvalue weighted by molar-refractivity contribution is 5.83. The number of ketones is 1. The largest absolute Gasteiger partial charge is 0.469 e. The highest BCUT2D eigenvalue weighted by Gasteiger charge is 2.48. The molecule has 0 aromatic heterocycles. The molecule has 0 aromatic carbocycles. The first-order valence-electron chi connectivity index (χ1n) is 16.5. The van der Waals surface area contributed by atoms with E-state index in [2.05, 4.69) is 55.4 Å². The first-order valence-corrected chi connectivity index (χ1v) is 16.5. The Labute approximate surface area is 256 Å². The third kappa shape index (κ3) is 11.6. The summed E-state index contributed by atoms with van der Waals surface area (Å²) in [4.78, 5) is 38.4. The second-order valence-corrected chi connectivity index (χ2v) is 15.8. The molecule has 0 aliphatic heterocycles. The molecule has 0 radical (unpaired) electrons. The highest BCUT2D eigenvalue weighted by Crippen LogP contribution is 2.47. The van der Waals surface area contributed by atoms with E-state index < -0.39 is 11.7 Å². The Morgan fingerprint density at radius 2 is 1.52 bits per heavy atom. The van der Waals surface area contributed by atoms with Crippen molar-refractivity contribution >= 4 is 17.7 Å². The number of esters is 2. The van der Waals surface area contributed by atoms with Gasteiger partial charge < -0.3 is 18.9 Å². The van der Waals surface area contributed by atoms with Crippen molar-refractivity contribution in [2.24, 2.45) is 34.0 Å². The normalized spacial score (nSPS) is 24.3. The highest BCUT2D eigenvalue weighted by atomic mass is 16.7. The van der Waals surface area contributed by atoms with Crippen molar-refractivity contribution < 1.29 is 33.3 Å². The SMILES string of the molecule is COC(=O)CC1CC(CCC(=O)OC(CC(C)(C)C)OC2CCCCC2)C(OCC(CC(C)C)(C(C)=O)C(C)(C)C)C1. The van der Waals surface area contributed by atoms with Gasteiger partial charge in [-0.15, -0.1) is 0 Å². The van der Waals surface area contributed by atoms with Crippen LogP contribution in [0, 0.1) is 34.0 Å². The van der Waals surface area contributed by atoms with Gasteiger partial charge in [0.2, 0.25) is 6.29 Å². The van der Waals surface area contributed by atoms with E-state index in [1.54, 1.807) is 6.92 Å². The van der Waals surface area contributed by atoms with Gasteiger partial charge in [0, 0.05) is 19.3 Å². The van der Waals surface area contributed by atoms with Gasteiger partial charge in [-0.05, 0) is 74.0 Å². The zero-order valence-electron chi connectivity index (χ0n) is 28.5. The monoisotopic (exact) mass is 594 g/mol. The minimum atomic E-state index is -0.609. The van der Waals surface area contributed by atoms with Crippen LogP contribution in [-0.4, -0.2) is 49.9 Å². The Balaban J connectivity index is 2.12. The molecule has 0 spiro atoms. The van der Waals surface area contributed by atoms with E-state index >= 15 is 0 Å². The summed E-state index contributed by atoms with van der Waals surface area (Å²) in [7, 11) is 1.42. The predicted molar refractivity (Wildman–Crippen MR) is 166 cm³/mol. The molecule has 5 unspecified atom stereocenters. The lowest BCUT2D eigenvalue weighted by atomic mass is 9.61. The number of carbonyl (C=O) groups excluding carboxylic acids is 3. The number of methoxy groups -OCH3 is 1. The summed E-state index contributed by atoms with van der Waals surface area (Å²) in [5.41, 5.74) is -0.911. The van der Waals surface area contributed by atoms with Gasteiger partial charge in [0.15, 0.2) is 0 Å². The Bertz CT molecular complexity index is 862. The van der Waals surface area contributed by atoms with E-state index in [0.29, 0.717) is 38.2 Å². The Hall–Kier alpha value is -1.47. The van der Waals surface area contributed by atoms with Crippen LogP contribution in [0.3, 0.4) is 0 Å². The number of hydrogen-bond acceptors (Lipinski definition) is 7. The van der Waals surface area contributed by atoms with E-state index in [1.807, 2.05) is 0 Å². The van der Waals surface area contributed by atoms with E-state index in [1.165, 1.54) is 13.5 Å². The van der Waals surface area contributed by atoms with Gasteiger partial charge in [-0.1, -0.05) is 74.7 Å². The van der Waals surface area contributed by atoms with Gasteiger partial charge in [0.1, 0.15) is 5.78 Å². The van der Waals surface area contributed by atoms with Gasteiger partial charge in [-0.25, -0.2) is 0 Å². The number of hydrogen-bond donors (Lipinski definition) is 0. The Morgan fingerprint density at radius 1 is 0.881 bits per heavy atom. The van der Waals surface area contributed by atoms with Crippen molar-refractivity contribution in [3.05, 3.63) is 0 Å². The molecule has 7 nitrogen and oxygen atoms in total. The molecule has 0 N–H and O–H groups in total. The number of Topliss-reactive ketones (excluding diaryl/α,β-unsaturated/α-hetero) is 1. The molecule has 7 heteroatoms. The van der Waals surface area contributed by atoms with Crippen LogP contribution in [0.5, 0.6) is 0 Å². The predicted octanol–water partition coefficient (Wildman–Crippen LogP) is 8.06. The van der Waals surface area contributed by atoms with Crippen molar-refractivity contribution in [2.45, 2.75) is 158 Å². The molecule has 2 aliphatic carbocycles. The van der Waals surface area contributed by atoms with E-state index in [9.17, 15) is 14.4 Å². The van der Waals surface area contributed by atoms with Crippen LogP contribution in [-0.2, 0) is 33.3 Å². The maximum absolute atomic E-state index is 13.1. The van der Waals surface area contributed by atoms with E-state index in [0.717, 1.165) is 38.5 Å². The van der Waals surface area contributed by atoms with Gasteiger partial charge in [-0.2, -0.15) is 0 Å². The average molecular weight is 595 g/mol. The van der Waals surface area contributed by atoms with E-state index in [-0.39, 0.29) is 59.0 Å². The first-order chi connectivity index (χ1) is 19.5. The molecule has 5 atom stereocenters.